The van der Waals surface area contributed by atoms with Crippen molar-refractivity contribution in [1.82, 2.24) is 0 Å². The van der Waals surface area contributed by atoms with Crippen molar-refractivity contribution in [2.75, 3.05) is 13.2 Å². The molecule has 0 aromatic carbocycles. The molecular weight excluding hydrogens is 273 g/mol. The molecule has 0 N–H and O–H groups in total. The highest BCUT2D eigenvalue weighted by Gasteiger charge is 2.23. The Morgan fingerprint density at radius 3 is 2.45 bits per heavy atom. The largest absolute Gasteiger partial charge is 0.463 e. The summed E-state index contributed by atoms with van der Waals surface area (Å²) >= 11 is 0.838. The van der Waals surface area contributed by atoms with Crippen molar-refractivity contribution in [2.24, 2.45) is 0 Å². The van der Waals surface area contributed by atoms with Gasteiger partial charge in [0, 0.05) is 29.5 Å². The Hall–Kier alpha value is 0.0200. The molecule has 0 aliphatic heterocycles. The molecule has 0 aromatic rings. The van der Waals surface area contributed by atoms with Crippen LogP contribution in [0.5, 0.6) is 0 Å². The molecule has 0 aliphatic carbocycles. The summed E-state index contributed by atoms with van der Waals surface area (Å²) in [6, 6.07) is 0. The van der Waals surface area contributed by atoms with Crippen molar-refractivity contribution in [2.45, 2.75) is 11.0 Å². The predicted molar refractivity (Wildman–Crippen MR) is 41.6 cm³/mol. The lowest BCUT2D eigenvalue weighted by Crippen LogP contribution is -2.16. The van der Waals surface area contributed by atoms with E-state index in [0.717, 1.165) is 22.6 Å². The van der Waals surface area contributed by atoms with Gasteiger partial charge in [-0.1, -0.05) is 0 Å². The van der Waals surface area contributed by atoms with Crippen LogP contribution in [0.2, 0.25) is 0 Å². The molecule has 0 rings (SSSR count). The lowest BCUT2D eigenvalue weighted by Gasteiger charge is -2.08. The van der Waals surface area contributed by atoms with Crippen LogP contribution in [-0.2, 0) is 14.3 Å². The summed E-state index contributed by atoms with van der Waals surface area (Å²) in [6.07, 6.45) is 0. The minimum Gasteiger partial charge on any atom is -0.463 e. The molecule has 0 amide bonds. The van der Waals surface area contributed by atoms with E-state index < -0.39 is 10.1 Å². The fourth-order valence-corrected chi connectivity index (χ4v) is 0.563. The van der Waals surface area contributed by atoms with Gasteiger partial charge in [0.2, 0.25) is 0 Å². The molecule has 0 unspecified atom stereocenters. The summed E-state index contributed by atoms with van der Waals surface area (Å²) in [5.41, 5.74) is 0. The number of hydrogen-bond acceptors (Lipinski definition) is 3. The third-order valence-corrected chi connectivity index (χ3v) is 0.966. The van der Waals surface area contributed by atoms with Crippen LogP contribution in [-0.4, -0.2) is 23.3 Å². The fourth-order valence-electron chi connectivity index (χ4n) is 0.343. The lowest BCUT2D eigenvalue weighted by molar-refractivity contribution is -0.164. The highest BCUT2D eigenvalue weighted by Crippen LogP contribution is 2.23. The predicted octanol–water partition coefficient (Wildman–Crippen LogP) is 1.55. The third-order valence-electron chi connectivity index (χ3n) is 0.654. The first-order valence-electron chi connectivity index (χ1n) is 2.76. The topological polar surface area (TPSA) is 35.5 Å². The SMILES string of the molecule is CC(=O)OCCOC(F)(F)I. The average molecular weight is 280 g/mol. The summed E-state index contributed by atoms with van der Waals surface area (Å²) in [5.74, 6) is -0.509. The number of ether oxygens (including phenoxy) is 2. The monoisotopic (exact) mass is 280 g/mol. The Kier molecular flexibility index (Phi) is 4.82. The number of hydrogen-bond donors (Lipinski definition) is 0. The highest BCUT2D eigenvalue weighted by molar-refractivity contribution is 14.1. The molecule has 0 heterocycles. The van der Waals surface area contributed by atoms with Gasteiger partial charge in [-0.15, -0.1) is 0 Å². The van der Waals surface area contributed by atoms with Crippen LogP contribution in [0.3, 0.4) is 0 Å². The fraction of sp³-hybridized carbons (Fsp3) is 0.800. The van der Waals surface area contributed by atoms with Crippen LogP contribution < -0.4 is 0 Å². The molecule has 0 aromatic heterocycles. The van der Waals surface area contributed by atoms with E-state index in [0.29, 0.717) is 0 Å². The third kappa shape index (κ3) is 10.0. The first-order chi connectivity index (χ1) is 4.92. The van der Waals surface area contributed by atoms with Gasteiger partial charge in [0.1, 0.15) is 6.61 Å². The molecule has 0 atom stereocenters. The van der Waals surface area contributed by atoms with Gasteiger partial charge in [-0.25, -0.2) is 0 Å². The molecule has 0 spiro atoms. The van der Waals surface area contributed by atoms with E-state index in [-0.39, 0.29) is 13.2 Å². The molecule has 0 bridgehead atoms. The van der Waals surface area contributed by atoms with Crippen molar-refractivity contribution < 1.29 is 23.0 Å². The van der Waals surface area contributed by atoms with Crippen molar-refractivity contribution in [3.05, 3.63) is 0 Å². The zero-order chi connectivity index (χ0) is 8.91. The van der Waals surface area contributed by atoms with E-state index >= 15 is 0 Å². The van der Waals surface area contributed by atoms with Gasteiger partial charge in [-0.2, -0.15) is 8.78 Å². The number of rotatable bonds is 4. The zero-order valence-electron chi connectivity index (χ0n) is 5.77. The van der Waals surface area contributed by atoms with Gasteiger partial charge in [-0.05, 0) is 0 Å². The molecule has 0 fully saturated rings. The van der Waals surface area contributed by atoms with E-state index in [2.05, 4.69) is 9.47 Å². The first kappa shape index (κ1) is 11.0. The smallest absolute Gasteiger partial charge is 0.407 e. The summed E-state index contributed by atoms with van der Waals surface area (Å²) < 4.78 is 28.9. The Balaban J connectivity index is 3.22. The Morgan fingerprint density at radius 2 is 2.09 bits per heavy atom. The maximum atomic E-state index is 11.9. The molecule has 0 saturated carbocycles. The molecule has 6 heteroatoms. The van der Waals surface area contributed by atoms with Gasteiger partial charge in [0.25, 0.3) is 0 Å². The summed E-state index contributed by atoms with van der Waals surface area (Å²) in [5, 5.41) is 0. The van der Waals surface area contributed by atoms with Crippen molar-refractivity contribution in [3.63, 3.8) is 0 Å². The second-order valence-corrected chi connectivity index (χ2v) is 2.89. The number of carbonyl (C=O) groups excluding carboxylic acids is 1. The Morgan fingerprint density at radius 1 is 1.55 bits per heavy atom. The Bertz CT molecular complexity index is 134. The summed E-state index contributed by atoms with van der Waals surface area (Å²) in [4.78, 5) is 10.1. The standard InChI is InChI=1S/C5H7F2IO3/c1-4(9)10-2-3-11-5(6,7)8/h2-3H2,1H3. The molecule has 0 aliphatic rings. The number of carbonyl (C=O) groups is 1. The molecule has 0 radical (unpaired) electrons. The van der Waals surface area contributed by atoms with Crippen LogP contribution in [0.1, 0.15) is 6.92 Å². The molecular formula is C5H7F2IO3. The molecule has 0 saturated heterocycles. The highest BCUT2D eigenvalue weighted by atomic mass is 127. The van der Waals surface area contributed by atoms with Crippen molar-refractivity contribution in [1.29, 1.82) is 0 Å². The quantitative estimate of drug-likeness (QED) is 0.339. The van der Waals surface area contributed by atoms with E-state index in [1.54, 1.807) is 0 Å². The Labute approximate surface area is 76.2 Å². The van der Waals surface area contributed by atoms with Gasteiger partial charge >= 0.3 is 10.1 Å². The summed E-state index contributed by atoms with van der Waals surface area (Å²) in [7, 11) is 0. The zero-order valence-corrected chi connectivity index (χ0v) is 7.93. The van der Waals surface area contributed by atoms with E-state index in [1.165, 1.54) is 6.92 Å². The second kappa shape index (κ2) is 4.81. The maximum Gasteiger partial charge on any atom is 0.407 e. The minimum atomic E-state index is -3.18. The number of esters is 1. The minimum absolute atomic E-state index is 0.145. The van der Waals surface area contributed by atoms with Crippen LogP contribution in [0.4, 0.5) is 8.78 Å². The molecule has 11 heavy (non-hydrogen) atoms. The van der Waals surface area contributed by atoms with Gasteiger partial charge in [0.05, 0.1) is 6.61 Å². The van der Waals surface area contributed by atoms with Crippen LogP contribution in [0.25, 0.3) is 0 Å². The van der Waals surface area contributed by atoms with E-state index in [9.17, 15) is 13.6 Å². The van der Waals surface area contributed by atoms with Crippen LogP contribution in [0, 0.1) is 0 Å². The lowest BCUT2D eigenvalue weighted by atomic mass is 10.7. The average Bonchev–Trinajstić information content (AvgIpc) is 1.78. The van der Waals surface area contributed by atoms with Crippen molar-refractivity contribution >= 4 is 28.6 Å². The first-order valence-corrected chi connectivity index (χ1v) is 3.84. The van der Waals surface area contributed by atoms with Gasteiger partial charge in [0.15, 0.2) is 0 Å². The van der Waals surface area contributed by atoms with Crippen LogP contribution in [0.15, 0.2) is 0 Å². The number of alkyl halides is 3. The summed E-state index contributed by atoms with van der Waals surface area (Å²) in [6.45, 7) is 0.756. The maximum absolute atomic E-state index is 11.9. The second-order valence-electron chi connectivity index (χ2n) is 1.63. The van der Waals surface area contributed by atoms with E-state index in [1.807, 2.05) is 0 Å². The van der Waals surface area contributed by atoms with E-state index in [4.69, 9.17) is 0 Å². The van der Waals surface area contributed by atoms with Crippen molar-refractivity contribution in [3.8, 4) is 0 Å². The van der Waals surface area contributed by atoms with Gasteiger partial charge in [-0.3, -0.25) is 4.79 Å². The number of halogens is 3. The van der Waals surface area contributed by atoms with Crippen LogP contribution >= 0.6 is 22.6 Å². The van der Waals surface area contributed by atoms with Gasteiger partial charge < -0.3 is 9.47 Å². The molecule has 66 valence electrons. The molecule has 3 nitrogen and oxygen atoms in total. The normalized spacial score (nSPS) is 11.3.